The minimum Gasteiger partial charge on any atom is -0.493 e. The molecule has 0 radical (unpaired) electrons. The Bertz CT molecular complexity index is 578. The summed E-state index contributed by atoms with van der Waals surface area (Å²) in [6.45, 7) is 5.68. The van der Waals surface area contributed by atoms with Crippen LogP contribution in [0.5, 0.6) is 5.75 Å². The van der Waals surface area contributed by atoms with Crippen molar-refractivity contribution in [1.82, 2.24) is 15.1 Å². The normalized spacial score (nSPS) is 10.3. The maximum atomic E-state index is 12.2. The third-order valence-corrected chi connectivity index (χ3v) is 2.88. The highest BCUT2D eigenvalue weighted by molar-refractivity contribution is 5.96. The molecule has 0 unspecified atom stereocenters. The number of carbonyl (C=O) groups excluding carboxylic acids is 1. The molecule has 0 aliphatic rings. The monoisotopic (exact) mass is 273 g/mol. The molecule has 0 saturated heterocycles. The van der Waals surface area contributed by atoms with Crippen LogP contribution in [0.25, 0.3) is 0 Å². The molecular weight excluding hydrogens is 254 g/mol. The first kappa shape index (κ1) is 14.1. The number of benzene rings is 1. The Kier molecular flexibility index (Phi) is 4.76. The quantitative estimate of drug-likeness (QED) is 0.878. The minimum atomic E-state index is -0.153. The average Bonchev–Trinajstić information content (AvgIpc) is 2.94. The first-order valence-corrected chi connectivity index (χ1v) is 6.77. The molecule has 0 aliphatic heterocycles. The predicted octanol–water partition coefficient (Wildman–Crippen LogP) is 2.23. The van der Waals surface area contributed by atoms with Crippen molar-refractivity contribution in [2.45, 2.75) is 26.9 Å². The molecular formula is C15H19N3O2. The summed E-state index contributed by atoms with van der Waals surface area (Å²) in [7, 11) is 0. The summed E-state index contributed by atoms with van der Waals surface area (Å²) in [6.07, 6.45) is 1.90. The maximum absolute atomic E-state index is 12.2. The van der Waals surface area contributed by atoms with Crippen LogP contribution in [0, 0.1) is 0 Å². The van der Waals surface area contributed by atoms with Gasteiger partial charge in [0.1, 0.15) is 5.75 Å². The molecule has 0 atom stereocenters. The van der Waals surface area contributed by atoms with E-state index in [1.54, 1.807) is 12.1 Å². The van der Waals surface area contributed by atoms with Gasteiger partial charge in [0, 0.05) is 12.7 Å². The molecule has 0 spiro atoms. The molecule has 106 valence electrons. The third-order valence-electron chi connectivity index (χ3n) is 2.88. The van der Waals surface area contributed by atoms with Gasteiger partial charge in [0.25, 0.3) is 5.91 Å². The van der Waals surface area contributed by atoms with Crippen molar-refractivity contribution in [1.29, 1.82) is 0 Å². The predicted molar refractivity (Wildman–Crippen MR) is 76.7 cm³/mol. The molecule has 0 aliphatic carbocycles. The van der Waals surface area contributed by atoms with E-state index in [2.05, 4.69) is 10.4 Å². The number of nitrogens with zero attached hydrogens (tertiary/aromatic N) is 2. The highest BCUT2D eigenvalue weighted by Crippen LogP contribution is 2.17. The molecule has 0 saturated carbocycles. The van der Waals surface area contributed by atoms with Crippen molar-refractivity contribution in [3.05, 3.63) is 47.8 Å². The summed E-state index contributed by atoms with van der Waals surface area (Å²) < 4.78 is 7.28. The lowest BCUT2D eigenvalue weighted by molar-refractivity contribution is 0.0946. The summed E-state index contributed by atoms with van der Waals surface area (Å²) in [5.41, 5.74) is 1.39. The SMILES string of the molecule is CCOc1ccccc1C(=O)NCc1ccn(CC)n1. The van der Waals surface area contributed by atoms with Gasteiger partial charge in [0.2, 0.25) is 0 Å². The van der Waals surface area contributed by atoms with E-state index in [0.29, 0.717) is 24.5 Å². The Labute approximate surface area is 118 Å². The van der Waals surface area contributed by atoms with Gasteiger partial charge in [0.15, 0.2) is 0 Å². The minimum absolute atomic E-state index is 0.153. The molecule has 5 nitrogen and oxygen atoms in total. The second-order valence-electron chi connectivity index (χ2n) is 4.27. The molecule has 1 N–H and O–H groups in total. The number of hydrogen-bond acceptors (Lipinski definition) is 3. The van der Waals surface area contributed by atoms with Gasteiger partial charge in [-0.25, -0.2) is 0 Å². The number of para-hydroxylation sites is 1. The van der Waals surface area contributed by atoms with E-state index in [-0.39, 0.29) is 5.91 Å². The van der Waals surface area contributed by atoms with E-state index < -0.39 is 0 Å². The van der Waals surface area contributed by atoms with Crippen LogP contribution in [-0.4, -0.2) is 22.3 Å². The summed E-state index contributed by atoms with van der Waals surface area (Å²) in [5, 5.41) is 7.18. The Balaban J connectivity index is 2.01. The van der Waals surface area contributed by atoms with E-state index in [1.807, 2.05) is 42.9 Å². The Morgan fingerprint density at radius 3 is 2.80 bits per heavy atom. The van der Waals surface area contributed by atoms with E-state index in [4.69, 9.17) is 4.74 Å². The largest absolute Gasteiger partial charge is 0.493 e. The molecule has 1 heterocycles. The smallest absolute Gasteiger partial charge is 0.255 e. The summed E-state index contributed by atoms with van der Waals surface area (Å²) >= 11 is 0. The van der Waals surface area contributed by atoms with Gasteiger partial charge in [-0.05, 0) is 32.0 Å². The van der Waals surface area contributed by atoms with Crippen LogP contribution in [0.4, 0.5) is 0 Å². The molecule has 0 bridgehead atoms. The van der Waals surface area contributed by atoms with E-state index in [9.17, 15) is 4.79 Å². The van der Waals surface area contributed by atoms with Gasteiger partial charge >= 0.3 is 0 Å². The molecule has 5 heteroatoms. The number of aromatic nitrogens is 2. The van der Waals surface area contributed by atoms with E-state index in [1.165, 1.54) is 0 Å². The van der Waals surface area contributed by atoms with Crippen molar-refractivity contribution in [3.63, 3.8) is 0 Å². The van der Waals surface area contributed by atoms with Crippen molar-refractivity contribution in [3.8, 4) is 5.75 Å². The van der Waals surface area contributed by atoms with Crippen LogP contribution in [0.2, 0.25) is 0 Å². The Hall–Kier alpha value is -2.30. The Morgan fingerprint density at radius 1 is 1.30 bits per heavy atom. The number of aryl methyl sites for hydroxylation is 1. The fraction of sp³-hybridized carbons (Fsp3) is 0.333. The van der Waals surface area contributed by atoms with Gasteiger partial charge < -0.3 is 10.1 Å². The van der Waals surface area contributed by atoms with E-state index in [0.717, 1.165) is 12.2 Å². The lowest BCUT2D eigenvalue weighted by Gasteiger charge is -2.09. The number of hydrogen-bond donors (Lipinski definition) is 1. The lowest BCUT2D eigenvalue weighted by atomic mass is 10.2. The van der Waals surface area contributed by atoms with Gasteiger partial charge in [-0.15, -0.1) is 0 Å². The lowest BCUT2D eigenvalue weighted by Crippen LogP contribution is -2.23. The zero-order valence-electron chi connectivity index (χ0n) is 11.8. The van der Waals surface area contributed by atoms with Crippen LogP contribution in [0.3, 0.4) is 0 Å². The van der Waals surface area contributed by atoms with Crippen molar-refractivity contribution >= 4 is 5.91 Å². The van der Waals surface area contributed by atoms with E-state index >= 15 is 0 Å². The number of amides is 1. The zero-order chi connectivity index (χ0) is 14.4. The third kappa shape index (κ3) is 3.38. The van der Waals surface area contributed by atoms with Crippen molar-refractivity contribution in [2.75, 3.05) is 6.61 Å². The average molecular weight is 273 g/mol. The maximum Gasteiger partial charge on any atom is 0.255 e. The summed E-state index contributed by atoms with van der Waals surface area (Å²) in [5.74, 6) is 0.451. The summed E-state index contributed by atoms with van der Waals surface area (Å²) in [6, 6.07) is 9.13. The topological polar surface area (TPSA) is 56.1 Å². The van der Waals surface area contributed by atoms with Crippen molar-refractivity contribution < 1.29 is 9.53 Å². The first-order valence-electron chi connectivity index (χ1n) is 6.77. The van der Waals surface area contributed by atoms with Gasteiger partial charge in [-0.2, -0.15) is 5.10 Å². The van der Waals surface area contributed by atoms with Gasteiger partial charge in [-0.1, -0.05) is 12.1 Å². The molecule has 1 aromatic heterocycles. The standard InChI is InChI=1S/C15H19N3O2/c1-3-18-10-9-12(17-18)11-16-15(19)13-7-5-6-8-14(13)20-4-2/h5-10H,3-4,11H2,1-2H3,(H,16,19). The number of nitrogens with one attached hydrogen (secondary N) is 1. The molecule has 0 fully saturated rings. The first-order chi connectivity index (χ1) is 9.74. The van der Waals surface area contributed by atoms with Crippen LogP contribution in [0.15, 0.2) is 36.5 Å². The fourth-order valence-electron chi connectivity index (χ4n) is 1.88. The molecule has 20 heavy (non-hydrogen) atoms. The zero-order valence-corrected chi connectivity index (χ0v) is 11.8. The van der Waals surface area contributed by atoms with Gasteiger partial charge in [0.05, 0.1) is 24.4 Å². The molecule has 2 aromatic rings. The van der Waals surface area contributed by atoms with Crippen molar-refractivity contribution in [2.24, 2.45) is 0 Å². The van der Waals surface area contributed by atoms with Crippen LogP contribution < -0.4 is 10.1 Å². The Morgan fingerprint density at radius 2 is 2.10 bits per heavy atom. The molecule has 1 amide bonds. The molecule has 1 aromatic carbocycles. The van der Waals surface area contributed by atoms with Gasteiger partial charge in [-0.3, -0.25) is 9.48 Å². The van der Waals surface area contributed by atoms with Crippen LogP contribution >= 0.6 is 0 Å². The van der Waals surface area contributed by atoms with Crippen LogP contribution in [-0.2, 0) is 13.1 Å². The fourth-order valence-corrected chi connectivity index (χ4v) is 1.88. The molecule has 2 rings (SSSR count). The van der Waals surface area contributed by atoms with Crippen LogP contribution in [0.1, 0.15) is 29.9 Å². The number of rotatable bonds is 6. The second kappa shape index (κ2) is 6.75. The summed E-state index contributed by atoms with van der Waals surface area (Å²) in [4.78, 5) is 12.2. The highest BCUT2D eigenvalue weighted by Gasteiger charge is 2.11. The number of carbonyl (C=O) groups is 1. The highest BCUT2D eigenvalue weighted by atomic mass is 16.5. The second-order valence-corrected chi connectivity index (χ2v) is 4.27. The number of ether oxygens (including phenoxy) is 1.